The fourth-order valence-electron chi connectivity index (χ4n) is 2.72. The van der Waals surface area contributed by atoms with Crippen molar-refractivity contribution < 1.29 is 0 Å². The number of piperazine rings is 2. The van der Waals surface area contributed by atoms with Crippen LogP contribution >= 0.6 is 62.3 Å². The summed E-state index contributed by atoms with van der Waals surface area (Å²) in [6.45, 7) is 8.58. The van der Waals surface area contributed by atoms with Gasteiger partial charge in [-0.1, -0.05) is 46.4 Å². The maximum atomic E-state index is 6.12. The van der Waals surface area contributed by atoms with Gasteiger partial charge in [0, 0.05) is 66.9 Å². The van der Waals surface area contributed by atoms with Crippen molar-refractivity contribution in [2.24, 2.45) is 0 Å². The van der Waals surface area contributed by atoms with Gasteiger partial charge in [-0.25, -0.2) is 0 Å². The highest BCUT2D eigenvalue weighted by molar-refractivity contribution is 9.10. The maximum Gasteiger partial charge on any atom is 0.0654 e. The molecular weight excluding hydrogens is 518 g/mol. The summed E-state index contributed by atoms with van der Waals surface area (Å²) in [6, 6.07) is 10.9. The molecule has 29 heavy (non-hydrogen) atoms. The van der Waals surface area contributed by atoms with Crippen LogP contribution in [-0.2, 0) is 0 Å². The zero-order valence-corrected chi connectivity index (χ0v) is 20.6. The van der Waals surface area contributed by atoms with Crippen molar-refractivity contribution in [1.29, 1.82) is 0 Å². The summed E-state index contributed by atoms with van der Waals surface area (Å²) in [5.74, 6) is 0. The SMILES string of the molecule is C1CNCCN1.Clc1ccc(Br)c(Cl)c1.Clc1ccc(N2CCNCC2)c(Cl)c1. The monoisotopic (exact) mass is 540 g/mol. The quantitative estimate of drug-likeness (QED) is 0.426. The highest BCUT2D eigenvalue weighted by Crippen LogP contribution is 2.28. The van der Waals surface area contributed by atoms with E-state index in [0.717, 1.165) is 67.5 Å². The lowest BCUT2D eigenvalue weighted by Crippen LogP contribution is -2.43. The molecule has 4 rings (SSSR count). The summed E-state index contributed by atoms with van der Waals surface area (Å²) in [4.78, 5) is 2.27. The highest BCUT2D eigenvalue weighted by atomic mass is 79.9. The van der Waals surface area contributed by atoms with E-state index in [2.05, 4.69) is 36.8 Å². The van der Waals surface area contributed by atoms with Crippen molar-refractivity contribution in [2.75, 3.05) is 57.3 Å². The Morgan fingerprint density at radius 2 is 1.14 bits per heavy atom. The van der Waals surface area contributed by atoms with Crippen molar-refractivity contribution in [3.8, 4) is 0 Å². The van der Waals surface area contributed by atoms with Gasteiger partial charge in [-0.3, -0.25) is 0 Å². The Kier molecular flexibility index (Phi) is 12.0. The van der Waals surface area contributed by atoms with E-state index < -0.39 is 0 Å². The number of hydrogen-bond acceptors (Lipinski definition) is 4. The summed E-state index contributed by atoms with van der Waals surface area (Å²) in [5, 5.41) is 12.5. The van der Waals surface area contributed by atoms with Crippen LogP contribution in [0.2, 0.25) is 20.1 Å². The number of rotatable bonds is 1. The van der Waals surface area contributed by atoms with E-state index in [1.807, 2.05) is 18.2 Å². The zero-order chi connectivity index (χ0) is 21.1. The van der Waals surface area contributed by atoms with Gasteiger partial charge in [0.05, 0.1) is 15.7 Å². The Morgan fingerprint density at radius 3 is 1.59 bits per heavy atom. The van der Waals surface area contributed by atoms with E-state index in [9.17, 15) is 0 Å². The van der Waals surface area contributed by atoms with Crippen molar-refractivity contribution in [2.45, 2.75) is 0 Å². The molecule has 9 heteroatoms. The molecule has 0 atom stereocenters. The lowest BCUT2D eigenvalue weighted by atomic mass is 10.2. The average molecular weight is 543 g/mol. The Bertz CT molecular complexity index is 742. The standard InChI is InChI=1S/C10H12Cl2N2.C6H3BrCl2.C4H10N2/c11-8-1-2-10(9(12)7-8)14-5-3-13-4-6-14;7-5-2-1-4(8)3-6(5)9;1-2-6-4-3-5-1/h1-2,7,13H,3-6H2;1-3H;5-6H,1-4H2. The van der Waals surface area contributed by atoms with E-state index >= 15 is 0 Å². The maximum absolute atomic E-state index is 6.12. The molecule has 0 bridgehead atoms. The molecule has 0 amide bonds. The number of nitrogens with one attached hydrogen (secondary N) is 3. The topological polar surface area (TPSA) is 39.3 Å². The van der Waals surface area contributed by atoms with E-state index in [4.69, 9.17) is 46.4 Å². The minimum absolute atomic E-state index is 0.641. The number of nitrogens with zero attached hydrogens (tertiary/aromatic N) is 1. The molecule has 0 saturated carbocycles. The third-order valence-electron chi connectivity index (χ3n) is 4.21. The zero-order valence-electron chi connectivity index (χ0n) is 16.0. The third kappa shape index (κ3) is 9.62. The Labute approximate surface area is 201 Å². The molecule has 160 valence electrons. The Hall–Kier alpha value is -0.240. The number of halogens is 5. The summed E-state index contributed by atoms with van der Waals surface area (Å²) in [7, 11) is 0. The van der Waals surface area contributed by atoms with E-state index in [1.165, 1.54) is 0 Å². The lowest BCUT2D eigenvalue weighted by Gasteiger charge is -2.30. The Balaban J connectivity index is 0.000000171. The first-order valence-electron chi connectivity index (χ1n) is 9.40. The fourth-order valence-corrected chi connectivity index (χ4v) is 3.90. The van der Waals surface area contributed by atoms with Crippen LogP contribution in [0.5, 0.6) is 0 Å². The van der Waals surface area contributed by atoms with Crippen LogP contribution in [0.4, 0.5) is 5.69 Å². The lowest BCUT2D eigenvalue weighted by molar-refractivity contribution is 0.534. The van der Waals surface area contributed by atoms with Crippen LogP contribution in [0.15, 0.2) is 40.9 Å². The van der Waals surface area contributed by atoms with Gasteiger partial charge < -0.3 is 20.9 Å². The molecule has 0 unspecified atom stereocenters. The first kappa shape index (κ1) is 25.0. The molecule has 2 saturated heterocycles. The Morgan fingerprint density at radius 1 is 0.655 bits per heavy atom. The molecular formula is C20H25BrCl4N4. The van der Waals surface area contributed by atoms with Crippen molar-refractivity contribution in [3.05, 3.63) is 61.0 Å². The van der Waals surface area contributed by atoms with Crippen LogP contribution in [-0.4, -0.2) is 52.4 Å². The minimum Gasteiger partial charge on any atom is -0.368 e. The summed E-state index contributed by atoms with van der Waals surface area (Å²) < 4.78 is 0.869. The van der Waals surface area contributed by atoms with Gasteiger partial charge in [0.1, 0.15) is 0 Å². The van der Waals surface area contributed by atoms with Crippen molar-refractivity contribution in [3.63, 3.8) is 0 Å². The van der Waals surface area contributed by atoms with Crippen LogP contribution in [0.1, 0.15) is 0 Å². The van der Waals surface area contributed by atoms with Gasteiger partial charge in [-0.05, 0) is 52.3 Å². The molecule has 4 nitrogen and oxygen atoms in total. The van der Waals surface area contributed by atoms with Crippen LogP contribution in [0.3, 0.4) is 0 Å². The molecule has 0 aliphatic carbocycles. The molecule has 2 fully saturated rings. The van der Waals surface area contributed by atoms with E-state index in [-0.39, 0.29) is 0 Å². The molecule has 2 aliphatic rings. The molecule has 0 radical (unpaired) electrons. The van der Waals surface area contributed by atoms with Crippen LogP contribution < -0.4 is 20.9 Å². The van der Waals surface area contributed by atoms with Gasteiger partial charge in [0.2, 0.25) is 0 Å². The predicted molar refractivity (Wildman–Crippen MR) is 131 cm³/mol. The van der Waals surface area contributed by atoms with E-state index in [0.29, 0.717) is 15.1 Å². The molecule has 2 aromatic carbocycles. The number of benzene rings is 2. The van der Waals surface area contributed by atoms with Gasteiger partial charge >= 0.3 is 0 Å². The number of hydrogen-bond donors (Lipinski definition) is 3. The second kappa shape index (κ2) is 13.9. The molecule has 2 aromatic rings. The molecule has 0 aromatic heterocycles. The number of anilines is 1. The normalized spacial score (nSPS) is 16.2. The smallest absolute Gasteiger partial charge is 0.0654 e. The summed E-state index contributed by atoms with van der Waals surface area (Å²) in [6.07, 6.45) is 0. The third-order valence-corrected chi connectivity index (χ3v) is 6.21. The second-order valence-electron chi connectivity index (χ2n) is 6.39. The average Bonchev–Trinajstić information content (AvgIpc) is 2.74. The fraction of sp³-hybridized carbons (Fsp3) is 0.400. The van der Waals surface area contributed by atoms with Gasteiger partial charge in [0.25, 0.3) is 0 Å². The second-order valence-corrected chi connectivity index (χ2v) is 8.93. The largest absolute Gasteiger partial charge is 0.368 e. The highest BCUT2D eigenvalue weighted by Gasteiger charge is 2.13. The van der Waals surface area contributed by atoms with Crippen molar-refractivity contribution in [1.82, 2.24) is 16.0 Å². The van der Waals surface area contributed by atoms with Crippen molar-refractivity contribution >= 4 is 68.0 Å². The summed E-state index contributed by atoms with van der Waals surface area (Å²) in [5.41, 5.74) is 1.08. The summed E-state index contributed by atoms with van der Waals surface area (Å²) >= 11 is 26.5. The predicted octanol–water partition coefficient (Wildman–Crippen LogP) is 5.34. The first-order chi connectivity index (χ1) is 14.0. The molecule has 0 spiro atoms. The van der Waals surface area contributed by atoms with Crippen LogP contribution in [0.25, 0.3) is 0 Å². The van der Waals surface area contributed by atoms with E-state index in [1.54, 1.807) is 18.2 Å². The van der Waals surface area contributed by atoms with Crippen LogP contribution in [0, 0.1) is 0 Å². The minimum atomic E-state index is 0.641. The van der Waals surface area contributed by atoms with Gasteiger partial charge in [-0.15, -0.1) is 0 Å². The molecule has 3 N–H and O–H groups in total. The molecule has 2 aliphatic heterocycles. The van der Waals surface area contributed by atoms with Gasteiger partial charge in [-0.2, -0.15) is 0 Å². The first-order valence-corrected chi connectivity index (χ1v) is 11.7. The van der Waals surface area contributed by atoms with Gasteiger partial charge in [0.15, 0.2) is 0 Å². The molecule has 2 heterocycles.